The van der Waals surface area contributed by atoms with Gasteiger partial charge in [0.05, 0.1) is 15.6 Å². The van der Waals surface area contributed by atoms with E-state index in [1.807, 2.05) is 7.05 Å². The molecule has 0 bridgehead atoms. The lowest BCUT2D eigenvalue weighted by atomic mass is 9.94. The van der Waals surface area contributed by atoms with Crippen LogP contribution >= 0.6 is 23.2 Å². The smallest absolute Gasteiger partial charge is 0.156 e. The molecule has 0 spiro atoms. The van der Waals surface area contributed by atoms with E-state index in [-0.39, 0.29) is 0 Å². The van der Waals surface area contributed by atoms with Crippen LogP contribution in [0.2, 0.25) is 10.0 Å². The number of aliphatic hydroxyl groups is 1. The minimum Gasteiger partial charge on any atom is -0.489 e. The first-order valence-corrected chi connectivity index (χ1v) is 7.81. The molecule has 1 aliphatic rings. The molecule has 0 radical (unpaired) electrons. The molecule has 0 aromatic heterocycles. The van der Waals surface area contributed by atoms with Crippen molar-refractivity contribution in [3.05, 3.63) is 28.2 Å². The van der Waals surface area contributed by atoms with E-state index in [0.29, 0.717) is 61.5 Å². The molecule has 1 heterocycles. The third-order valence-corrected chi connectivity index (χ3v) is 4.22. The van der Waals surface area contributed by atoms with Gasteiger partial charge in [0.2, 0.25) is 0 Å². The highest BCUT2D eigenvalue weighted by molar-refractivity contribution is 6.37. The van der Waals surface area contributed by atoms with Gasteiger partial charge in [-0.05, 0) is 19.2 Å². The van der Waals surface area contributed by atoms with Crippen LogP contribution in [0, 0.1) is 0 Å². The summed E-state index contributed by atoms with van der Waals surface area (Å²) < 4.78 is 10.9. The summed E-state index contributed by atoms with van der Waals surface area (Å²) in [5.74, 6) is 0.513. The molecule has 1 fully saturated rings. The summed E-state index contributed by atoms with van der Waals surface area (Å²) in [6.45, 7) is 3.00. The van der Waals surface area contributed by atoms with Crippen LogP contribution in [-0.4, -0.2) is 55.6 Å². The zero-order valence-electron chi connectivity index (χ0n) is 12.1. The van der Waals surface area contributed by atoms with Crippen LogP contribution in [0.15, 0.2) is 18.2 Å². The molecule has 0 saturated carbocycles. The van der Waals surface area contributed by atoms with Gasteiger partial charge in [-0.15, -0.1) is 0 Å². The standard InChI is InChI=1S/C15H21Cl2NO3/c1-18(11-15(19)5-8-20-9-6-15)7-10-21-14-12(16)3-2-4-13(14)17/h2-4,19H,5-11H2,1H3. The highest BCUT2D eigenvalue weighted by Gasteiger charge is 2.30. The minimum atomic E-state index is -0.658. The van der Waals surface area contributed by atoms with Gasteiger partial charge in [0.25, 0.3) is 0 Å². The fourth-order valence-electron chi connectivity index (χ4n) is 2.41. The molecule has 0 amide bonds. The van der Waals surface area contributed by atoms with E-state index in [1.54, 1.807) is 18.2 Å². The van der Waals surface area contributed by atoms with Crippen LogP contribution in [0.5, 0.6) is 5.75 Å². The average molecular weight is 334 g/mol. The summed E-state index contributed by atoms with van der Waals surface area (Å²) in [4.78, 5) is 2.05. The largest absolute Gasteiger partial charge is 0.489 e. The summed E-state index contributed by atoms with van der Waals surface area (Å²) >= 11 is 12.1. The average Bonchev–Trinajstić information content (AvgIpc) is 2.42. The maximum absolute atomic E-state index is 10.4. The molecule has 1 aliphatic heterocycles. The Labute approximate surface area is 135 Å². The Morgan fingerprint density at radius 1 is 1.29 bits per heavy atom. The normalized spacial score (nSPS) is 18.0. The van der Waals surface area contributed by atoms with Crippen molar-refractivity contribution in [2.75, 3.05) is 40.0 Å². The van der Waals surface area contributed by atoms with Crippen LogP contribution < -0.4 is 4.74 Å². The third-order valence-electron chi connectivity index (χ3n) is 3.63. The highest BCUT2D eigenvalue weighted by Crippen LogP contribution is 2.32. The molecule has 6 heteroatoms. The molecular weight excluding hydrogens is 313 g/mol. The Morgan fingerprint density at radius 3 is 2.52 bits per heavy atom. The Bertz CT molecular complexity index is 444. The minimum absolute atomic E-state index is 0.465. The van der Waals surface area contributed by atoms with Gasteiger partial charge < -0.3 is 19.5 Å². The number of halogens is 2. The van der Waals surface area contributed by atoms with E-state index in [9.17, 15) is 5.11 Å². The molecule has 2 rings (SSSR count). The van der Waals surface area contributed by atoms with Gasteiger partial charge in [-0.3, -0.25) is 0 Å². The van der Waals surface area contributed by atoms with Crippen molar-refractivity contribution in [3.8, 4) is 5.75 Å². The molecule has 0 unspecified atom stereocenters. The molecule has 4 nitrogen and oxygen atoms in total. The second-order valence-corrected chi connectivity index (χ2v) is 6.29. The number of para-hydroxylation sites is 1. The summed E-state index contributed by atoms with van der Waals surface area (Å²) in [7, 11) is 1.96. The zero-order chi connectivity index (χ0) is 15.3. The Hall–Kier alpha value is -0.520. The van der Waals surface area contributed by atoms with E-state index in [4.69, 9.17) is 32.7 Å². The Kier molecular flexibility index (Phi) is 6.14. The second-order valence-electron chi connectivity index (χ2n) is 5.47. The predicted octanol–water partition coefficient (Wildman–Crippen LogP) is 2.85. The van der Waals surface area contributed by atoms with Gasteiger partial charge in [-0.2, -0.15) is 0 Å². The van der Waals surface area contributed by atoms with E-state index in [1.165, 1.54) is 0 Å². The second kappa shape index (κ2) is 7.65. The Balaban J connectivity index is 1.78. The molecule has 118 valence electrons. The van der Waals surface area contributed by atoms with E-state index in [0.717, 1.165) is 0 Å². The molecule has 1 N–H and O–H groups in total. The number of nitrogens with zero attached hydrogens (tertiary/aromatic N) is 1. The summed E-state index contributed by atoms with van der Waals surface area (Å²) in [6.07, 6.45) is 1.35. The van der Waals surface area contributed by atoms with Crippen molar-refractivity contribution >= 4 is 23.2 Å². The molecule has 1 aromatic rings. The zero-order valence-corrected chi connectivity index (χ0v) is 13.7. The van der Waals surface area contributed by atoms with Crippen molar-refractivity contribution in [2.24, 2.45) is 0 Å². The molecule has 1 saturated heterocycles. The Morgan fingerprint density at radius 2 is 1.90 bits per heavy atom. The van der Waals surface area contributed by atoms with Crippen molar-refractivity contribution in [1.29, 1.82) is 0 Å². The number of ether oxygens (including phenoxy) is 2. The third kappa shape index (κ3) is 5.01. The molecule has 1 aromatic carbocycles. The maximum atomic E-state index is 10.4. The van der Waals surface area contributed by atoms with E-state index in [2.05, 4.69) is 4.90 Å². The predicted molar refractivity (Wildman–Crippen MR) is 84.5 cm³/mol. The number of likely N-dealkylation sites (N-methyl/N-ethyl adjacent to an activating group) is 1. The van der Waals surface area contributed by atoms with E-state index >= 15 is 0 Å². The summed E-state index contributed by atoms with van der Waals surface area (Å²) in [6, 6.07) is 5.28. The SMILES string of the molecule is CN(CCOc1c(Cl)cccc1Cl)CC1(O)CCOCC1. The maximum Gasteiger partial charge on any atom is 0.156 e. The number of hydrogen-bond acceptors (Lipinski definition) is 4. The molecule has 21 heavy (non-hydrogen) atoms. The lowest BCUT2D eigenvalue weighted by Gasteiger charge is -2.35. The van der Waals surface area contributed by atoms with Crippen molar-refractivity contribution in [2.45, 2.75) is 18.4 Å². The molecular formula is C15H21Cl2NO3. The van der Waals surface area contributed by atoms with Crippen LogP contribution in [0.25, 0.3) is 0 Å². The summed E-state index contributed by atoms with van der Waals surface area (Å²) in [5, 5.41) is 11.5. The first-order chi connectivity index (χ1) is 10.0. The van der Waals surface area contributed by atoms with Crippen LogP contribution in [0.3, 0.4) is 0 Å². The molecule has 0 atom stereocenters. The van der Waals surface area contributed by atoms with Gasteiger partial charge in [0, 0.05) is 39.1 Å². The lowest BCUT2D eigenvalue weighted by Crippen LogP contribution is -2.46. The van der Waals surface area contributed by atoms with Gasteiger partial charge in [0.15, 0.2) is 5.75 Å². The van der Waals surface area contributed by atoms with Gasteiger partial charge >= 0.3 is 0 Å². The lowest BCUT2D eigenvalue weighted by molar-refractivity contribution is -0.0775. The molecule has 0 aliphatic carbocycles. The fourth-order valence-corrected chi connectivity index (χ4v) is 2.92. The number of hydrogen-bond donors (Lipinski definition) is 1. The first-order valence-electron chi connectivity index (χ1n) is 7.06. The number of rotatable bonds is 6. The van der Waals surface area contributed by atoms with Gasteiger partial charge in [-0.25, -0.2) is 0 Å². The van der Waals surface area contributed by atoms with Crippen molar-refractivity contribution in [3.63, 3.8) is 0 Å². The number of benzene rings is 1. The first kappa shape index (κ1) is 16.8. The van der Waals surface area contributed by atoms with Gasteiger partial charge in [0.1, 0.15) is 6.61 Å². The van der Waals surface area contributed by atoms with Crippen LogP contribution in [0.1, 0.15) is 12.8 Å². The quantitative estimate of drug-likeness (QED) is 0.869. The highest BCUT2D eigenvalue weighted by atomic mass is 35.5. The van der Waals surface area contributed by atoms with Crippen molar-refractivity contribution < 1.29 is 14.6 Å². The van der Waals surface area contributed by atoms with Crippen molar-refractivity contribution in [1.82, 2.24) is 4.90 Å². The van der Waals surface area contributed by atoms with Crippen LogP contribution in [-0.2, 0) is 4.74 Å². The monoisotopic (exact) mass is 333 g/mol. The van der Waals surface area contributed by atoms with Gasteiger partial charge in [-0.1, -0.05) is 29.3 Å². The summed E-state index contributed by atoms with van der Waals surface area (Å²) in [5.41, 5.74) is -0.658. The topological polar surface area (TPSA) is 41.9 Å². The fraction of sp³-hybridized carbons (Fsp3) is 0.600. The van der Waals surface area contributed by atoms with Crippen LogP contribution in [0.4, 0.5) is 0 Å². The van der Waals surface area contributed by atoms with E-state index < -0.39 is 5.60 Å².